The molecule has 1 aliphatic heterocycles. The number of hydrogen-bond donors (Lipinski definition) is 1. The van der Waals surface area contributed by atoms with Crippen molar-refractivity contribution in [3.8, 4) is 0 Å². The van der Waals surface area contributed by atoms with Crippen molar-refractivity contribution in [3.05, 3.63) is 29.3 Å². The van der Waals surface area contributed by atoms with E-state index in [4.69, 9.17) is 0 Å². The quantitative estimate of drug-likeness (QED) is 0.883. The van der Waals surface area contributed by atoms with Crippen LogP contribution >= 0.6 is 0 Å². The lowest BCUT2D eigenvalue weighted by Gasteiger charge is -2.34. The Hall–Kier alpha value is -1.06. The Morgan fingerprint density at radius 2 is 2.06 bits per heavy atom. The number of hydrogen-bond acceptors (Lipinski definition) is 3. The second-order valence-electron chi connectivity index (χ2n) is 5.74. The third-order valence-corrected chi connectivity index (χ3v) is 4.28. The van der Waals surface area contributed by atoms with Crippen LogP contribution in [0.4, 0.5) is 5.69 Å². The summed E-state index contributed by atoms with van der Waals surface area (Å²) in [5.41, 5.74) is 3.83. The highest BCUT2D eigenvalue weighted by atomic mass is 16.3. The first-order chi connectivity index (χ1) is 8.48. The molecule has 1 atom stereocenters. The van der Waals surface area contributed by atoms with Gasteiger partial charge in [-0.1, -0.05) is 12.1 Å². The lowest BCUT2D eigenvalue weighted by atomic mass is 9.98. The van der Waals surface area contributed by atoms with Gasteiger partial charge in [-0.3, -0.25) is 4.90 Å². The third kappa shape index (κ3) is 2.25. The zero-order valence-electron chi connectivity index (χ0n) is 11.9. The predicted molar refractivity (Wildman–Crippen MR) is 76.2 cm³/mol. The molecule has 0 amide bonds. The summed E-state index contributed by atoms with van der Waals surface area (Å²) in [6.07, 6.45) is 1.02. The largest absolute Gasteiger partial charge is 0.394 e. The summed E-state index contributed by atoms with van der Waals surface area (Å²) < 4.78 is 0. The topological polar surface area (TPSA) is 26.7 Å². The van der Waals surface area contributed by atoms with Crippen molar-refractivity contribution in [1.29, 1.82) is 0 Å². The van der Waals surface area contributed by atoms with Gasteiger partial charge in [0.15, 0.2) is 0 Å². The van der Waals surface area contributed by atoms with Crippen molar-refractivity contribution >= 4 is 5.69 Å². The summed E-state index contributed by atoms with van der Waals surface area (Å²) in [4.78, 5) is 4.57. The molecule has 1 aromatic rings. The number of aliphatic hydroxyl groups is 1. The van der Waals surface area contributed by atoms with E-state index in [1.54, 1.807) is 0 Å². The number of benzene rings is 1. The van der Waals surface area contributed by atoms with Crippen molar-refractivity contribution in [2.45, 2.75) is 25.8 Å². The molecule has 1 heterocycles. The fourth-order valence-corrected chi connectivity index (χ4v) is 2.76. The first kappa shape index (κ1) is 13.4. The van der Waals surface area contributed by atoms with Crippen molar-refractivity contribution in [2.24, 2.45) is 0 Å². The first-order valence-corrected chi connectivity index (χ1v) is 6.59. The molecule has 1 aromatic carbocycles. The second kappa shape index (κ2) is 4.90. The Morgan fingerprint density at radius 1 is 1.33 bits per heavy atom. The van der Waals surface area contributed by atoms with E-state index in [9.17, 15) is 5.11 Å². The van der Waals surface area contributed by atoms with Gasteiger partial charge in [-0.2, -0.15) is 0 Å². The zero-order valence-corrected chi connectivity index (χ0v) is 11.9. The van der Waals surface area contributed by atoms with Crippen LogP contribution in [0.1, 0.15) is 17.5 Å². The maximum atomic E-state index is 9.71. The van der Waals surface area contributed by atoms with Gasteiger partial charge < -0.3 is 10.0 Å². The Bertz CT molecular complexity index is 431. The average Bonchev–Trinajstić information content (AvgIpc) is 2.78. The van der Waals surface area contributed by atoms with E-state index in [1.165, 1.54) is 16.8 Å². The van der Waals surface area contributed by atoms with Crippen LogP contribution in [0.25, 0.3) is 0 Å². The summed E-state index contributed by atoms with van der Waals surface area (Å²) >= 11 is 0. The van der Waals surface area contributed by atoms with E-state index >= 15 is 0 Å². The van der Waals surface area contributed by atoms with Gasteiger partial charge in [-0.15, -0.1) is 0 Å². The monoisotopic (exact) mass is 248 g/mol. The standard InChI is InChI=1S/C15H24N2O/c1-12-5-6-13(2)14(9-12)17-8-7-15(10-17,11-18)16(3)4/h5-6,9,18H,7-8,10-11H2,1-4H3. The first-order valence-electron chi connectivity index (χ1n) is 6.59. The van der Waals surface area contributed by atoms with Crippen molar-refractivity contribution in [2.75, 3.05) is 38.7 Å². The Labute approximate surface area is 110 Å². The van der Waals surface area contributed by atoms with E-state index in [-0.39, 0.29) is 12.1 Å². The van der Waals surface area contributed by atoms with Crippen LogP contribution in [0.15, 0.2) is 18.2 Å². The highest BCUT2D eigenvalue weighted by Gasteiger charge is 2.39. The maximum absolute atomic E-state index is 9.71. The summed E-state index contributed by atoms with van der Waals surface area (Å²) in [6, 6.07) is 6.58. The van der Waals surface area contributed by atoms with E-state index in [0.29, 0.717) is 0 Å². The lowest BCUT2D eigenvalue weighted by Crippen LogP contribution is -2.49. The molecule has 18 heavy (non-hydrogen) atoms. The number of aliphatic hydroxyl groups excluding tert-OH is 1. The van der Waals surface area contributed by atoms with Gasteiger partial charge in [0, 0.05) is 18.8 Å². The van der Waals surface area contributed by atoms with Gasteiger partial charge in [-0.25, -0.2) is 0 Å². The molecule has 3 nitrogen and oxygen atoms in total. The van der Waals surface area contributed by atoms with Gasteiger partial charge in [0.05, 0.1) is 12.1 Å². The molecule has 100 valence electrons. The average molecular weight is 248 g/mol. The van der Waals surface area contributed by atoms with Gasteiger partial charge in [0.2, 0.25) is 0 Å². The molecule has 1 unspecified atom stereocenters. The molecule has 0 saturated carbocycles. The number of anilines is 1. The summed E-state index contributed by atoms with van der Waals surface area (Å²) in [6.45, 7) is 6.43. The van der Waals surface area contributed by atoms with Crippen molar-refractivity contribution in [3.63, 3.8) is 0 Å². The Balaban J connectivity index is 2.25. The fraction of sp³-hybridized carbons (Fsp3) is 0.600. The third-order valence-electron chi connectivity index (χ3n) is 4.28. The minimum atomic E-state index is -0.0871. The molecule has 3 heteroatoms. The molecule has 1 saturated heterocycles. The normalized spacial score (nSPS) is 24.0. The Kier molecular flexibility index (Phi) is 3.64. The van der Waals surface area contributed by atoms with Crippen LogP contribution in [0.2, 0.25) is 0 Å². The molecule has 1 N–H and O–H groups in total. The van der Waals surface area contributed by atoms with Crippen LogP contribution in [-0.2, 0) is 0 Å². The summed E-state index contributed by atoms with van der Waals surface area (Å²) in [5, 5.41) is 9.71. The number of likely N-dealkylation sites (N-methyl/N-ethyl adjacent to an activating group) is 1. The highest BCUT2D eigenvalue weighted by molar-refractivity contribution is 5.56. The molecular formula is C15H24N2O. The summed E-state index contributed by atoms with van der Waals surface area (Å²) in [7, 11) is 4.12. The smallest absolute Gasteiger partial charge is 0.0633 e. The van der Waals surface area contributed by atoms with Gasteiger partial charge in [0.25, 0.3) is 0 Å². The summed E-state index contributed by atoms with van der Waals surface area (Å²) in [5.74, 6) is 0. The second-order valence-corrected chi connectivity index (χ2v) is 5.74. The molecule has 1 aliphatic rings. The minimum absolute atomic E-state index is 0.0871. The molecule has 0 spiro atoms. The van der Waals surface area contributed by atoms with Crippen LogP contribution in [0, 0.1) is 13.8 Å². The lowest BCUT2D eigenvalue weighted by molar-refractivity contribution is 0.0867. The minimum Gasteiger partial charge on any atom is -0.394 e. The highest BCUT2D eigenvalue weighted by Crippen LogP contribution is 2.32. The molecule has 0 bridgehead atoms. The van der Waals surface area contributed by atoms with E-state index in [1.807, 2.05) is 0 Å². The SMILES string of the molecule is Cc1ccc(C)c(N2CCC(CO)(N(C)C)C2)c1. The van der Waals surface area contributed by atoms with Crippen LogP contribution in [0.5, 0.6) is 0 Å². The molecular weight excluding hydrogens is 224 g/mol. The Morgan fingerprint density at radius 3 is 2.61 bits per heavy atom. The van der Waals surface area contributed by atoms with Crippen LogP contribution in [-0.4, -0.2) is 49.3 Å². The maximum Gasteiger partial charge on any atom is 0.0633 e. The predicted octanol–water partition coefficient (Wildman–Crippen LogP) is 1.81. The van der Waals surface area contributed by atoms with Crippen LogP contribution < -0.4 is 4.90 Å². The van der Waals surface area contributed by atoms with E-state index in [0.717, 1.165) is 19.5 Å². The number of rotatable bonds is 3. The number of nitrogens with zero attached hydrogens (tertiary/aromatic N) is 2. The molecule has 0 aromatic heterocycles. The van der Waals surface area contributed by atoms with Crippen LogP contribution in [0.3, 0.4) is 0 Å². The van der Waals surface area contributed by atoms with E-state index < -0.39 is 0 Å². The van der Waals surface area contributed by atoms with E-state index in [2.05, 4.69) is 55.9 Å². The van der Waals surface area contributed by atoms with Gasteiger partial charge in [0.1, 0.15) is 0 Å². The fourth-order valence-electron chi connectivity index (χ4n) is 2.76. The van der Waals surface area contributed by atoms with Gasteiger partial charge in [-0.05, 0) is 51.6 Å². The molecule has 0 aliphatic carbocycles. The zero-order chi connectivity index (χ0) is 13.3. The molecule has 1 fully saturated rings. The van der Waals surface area contributed by atoms with Crippen molar-refractivity contribution < 1.29 is 5.11 Å². The van der Waals surface area contributed by atoms with Gasteiger partial charge >= 0.3 is 0 Å². The number of aryl methyl sites for hydroxylation is 2. The van der Waals surface area contributed by atoms with Crippen molar-refractivity contribution in [1.82, 2.24) is 4.90 Å². The molecule has 0 radical (unpaired) electrons. The molecule has 2 rings (SSSR count).